The monoisotopic (exact) mass is 416 g/mol. The molecule has 0 rings (SSSR count). The molecule has 0 saturated carbocycles. The maximum atomic E-state index is 13.2. The smallest absolute Gasteiger partial charge is 0.381 e. The van der Waals surface area contributed by atoms with Crippen molar-refractivity contribution in [2.45, 2.75) is 63.7 Å². The van der Waals surface area contributed by atoms with Crippen molar-refractivity contribution >= 4 is 11.9 Å². The minimum atomic E-state index is -6.42. The van der Waals surface area contributed by atoms with Gasteiger partial charge in [-0.15, -0.1) is 0 Å². The fourth-order valence-electron chi connectivity index (χ4n) is 1.59. The van der Waals surface area contributed by atoms with Crippen molar-refractivity contribution in [3.05, 3.63) is 0 Å². The van der Waals surface area contributed by atoms with E-state index in [4.69, 9.17) is 4.74 Å². The van der Waals surface area contributed by atoms with E-state index < -0.39 is 49.2 Å². The second-order valence-electron chi connectivity index (χ2n) is 6.15. The van der Waals surface area contributed by atoms with E-state index >= 15 is 0 Å². The van der Waals surface area contributed by atoms with E-state index in [2.05, 4.69) is 4.74 Å². The van der Waals surface area contributed by atoms with Crippen molar-refractivity contribution < 1.29 is 54.2 Å². The van der Waals surface area contributed by atoms with Crippen LogP contribution in [0.3, 0.4) is 0 Å². The van der Waals surface area contributed by atoms with Crippen molar-refractivity contribution in [1.29, 1.82) is 0 Å². The molecule has 0 spiro atoms. The third-order valence-corrected chi connectivity index (χ3v) is 3.16. The Morgan fingerprint density at radius 3 is 1.70 bits per heavy atom. The number of carbonyl (C=O) groups excluding carboxylic acids is 2. The lowest BCUT2D eigenvalue weighted by atomic mass is 10.1. The van der Waals surface area contributed by atoms with E-state index in [1.165, 1.54) is 0 Å². The van der Waals surface area contributed by atoms with Gasteiger partial charge in [-0.2, -0.15) is 26.3 Å². The van der Waals surface area contributed by atoms with Crippen LogP contribution in [0.15, 0.2) is 0 Å². The highest BCUT2D eigenvalue weighted by molar-refractivity contribution is 5.70. The number of alkyl halides is 8. The predicted molar refractivity (Wildman–Crippen MR) is 76.1 cm³/mol. The Balaban J connectivity index is 4.35. The van der Waals surface area contributed by atoms with Crippen molar-refractivity contribution in [2.75, 3.05) is 13.2 Å². The molecule has 27 heavy (non-hydrogen) atoms. The fraction of sp³-hybridized carbons (Fsp3) is 0.867. The van der Waals surface area contributed by atoms with Crippen molar-refractivity contribution in [2.24, 2.45) is 5.92 Å². The van der Waals surface area contributed by atoms with Gasteiger partial charge in [-0.3, -0.25) is 9.59 Å². The molecule has 12 heteroatoms. The minimum absolute atomic E-state index is 0.0508. The summed E-state index contributed by atoms with van der Waals surface area (Å²) >= 11 is 0. The van der Waals surface area contributed by atoms with Gasteiger partial charge in [0.15, 0.2) is 6.61 Å². The fourth-order valence-corrected chi connectivity index (χ4v) is 1.59. The number of esters is 2. The molecule has 0 fully saturated rings. The third-order valence-electron chi connectivity index (χ3n) is 3.16. The van der Waals surface area contributed by atoms with Crippen molar-refractivity contribution in [3.8, 4) is 0 Å². The number of hydrogen-bond acceptors (Lipinski definition) is 4. The van der Waals surface area contributed by atoms with Crippen LogP contribution in [-0.4, -0.2) is 49.3 Å². The molecular weight excluding hydrogens is 396 g/mol. The van der Waals surface area contributed by atoms with E-state index in [9.17, 15) is 44.7 Å². The second kappa shape index (κ2) is 10.1. The lowest BCUT2D eigenvalue weighted by Crippen LogP contribution is -2.59. The van der Waals surface area contributed by atoms with Crippen LogP contribution in [0, 0.1) is 5.92 Å². The van der Waals surface area contributed by atoms with E-state index in [1.807, 2.05) is 0 Å². The van der Waals surface area contributed by atoms with Gasteiger partial charge in [0.05, 0.1) is 6.61 Å². The number of ether oxygens (including phenoxy) is 2. The molecule has 0 aliphatic heterocycles. The first-order valence-corrected chi connectivity index (χ1v) is 7.88. The molecule has 0 aromatic carbocycles. The molecule has 0 unspecified atom stereocenters. The molecule has 0 saturated heterocycles. The Morgan fingerprint density at radius 2 is 1.30 bits per heavy atom. The molecule has 0 aliphatic carbocycles. The van der Waals surface area contributed by atoms with Gasteiger partial charge in [0, 0.05) is 12.8 Å². The molecule has 0 atom stereocenters. The average molecular weight is 416 g/mol. The van der Waals surface area contributed by atoms with Crippen molar-refractivity contribution in [1.82, 2.24) is 0 Å². The zero-order valence-electron chi connectivity index (χ0n) is 14.6. The van der Waals surface area contributed by atoms with Crippen LogP contribution in [0.2, 0.25) is 0 Å². The Bertz CT molecular complexity index is 494. The Labute approximate surface area is 150 Å². The summed E-state index contributed by atoms with van der Waals surface area (Å²) in [5, 5.41) is 0. The first-order valence-electron chi connectivity index (χ1n) is 7.88. The molecule has 0 heterocycles. The highest BCUT2D eigenvalue weighted by atomic mass is 19.4. The summed E-state index contributed by atoms with van der Waals surface area (Å²) in [5.74, 6) is -20.3. The lowest BCUT2D eigenvalue weighted by Gasteiger charge is -2.31. The van der Waals surface area contributed by atoms with Crippen LogP contribution < -0.4 is 0 Å². The molecular formula is C15H20F8O4. The second-order valence-corrected chi connectivity index (χ2v) is 6.15. The Morgan fingerprint density at radius 1 is 0.852 bits per heavy atom. The largest absolute Gasteiger partial charge is 0.465 e. The molecule has 0 aromatic heterocycles. The van der Waals surface area contributed by atoms with E-state index in [0.29, 0.717) is 0 Å². The van der Waals surface area contributed by atoms with Gasteiger partial charge in [-0.25, -0.2) is 8.78 Å². The number of halogens is 8. The first-order chi connectivity index (χ1) is 12.1. The van der Waals surface area contributed by atoms with Crippen molar-refractivity contribution in [3.63, 3.8) is 0 Å². The summed E-state index contributed by atoms with van der Waals surface area (Å²) in [6.07, 6.45) is -5.64. The molecule has 0 radical (unpaired) electrons. The molecule has 0 aromatic rings. The summed E-state index contributed by atoms with van der Waals surface area (Å²) in [7, 11) is 0. The van der Waals surface area contributed by atoms with Crippen LogP contribution >= 0.6 is 0 Å². The predicted octanol–water partition coefficient (Wildman–Crippen LogP) is 4.46. The Kier molecular flexibility index (Phi) is 9.47. The maximum absolute atomic E-state index is 13.2. The van der Waals surface area contributed by atoms with Crippen LogP contribution in [0.1, 0.15) is 39.5 Å². The van der Waals surface area contributed by atoms with E-state index in [-0.39, 0.29) is 31.8 Å². The summed E-state index contributed by atoms with van der Waals surface area (Å²) in [6, 6.07) is 0. The standard InChI is InChI=1S/C15H20F8O4/c1-9(2)7-26-10(24)5-3-4-6-11(25)27-8-13(18,19)15(22,23)14(20,21)12(16)17/h9,12H,3-8H2,1-2H3. The summed E-state index contributed by atoms with van der Waals surface area (Å²) in [6.45, 7) is 1.31. The molecule has 0 N–H and O–H groups in total. The summed E-state index contributed by atoms with van der Waals surface area (Å²) < 4.78 is 110. The van der Waals surface area contributed by atoms with Gasteiger partial charge in [0.1, 0.15) is 0 Å². The quantitative estimate of drug-likeness (QED) is 0.268. The first kappa shape index (κ1) is 25.4. The maximum Gasteiger partial charge on any atom is 0.381 e. The zero-order valence-corrected chi connectivity index (χ0v) is 14.6. The summed E-state index contributed by atoms with van der Waals surface area (Å²) in [5.41, 5.74) is 0. The molecule has 4 nitrogen and oxygen atoms in total. The van der Waals surface area contributed by atoms with Crippen LogP contribution in [0.25, 0.3) is 0 Å². The topological polar surface area (TPSA) is 52.6 Å². The van der Waals surface area contributed by atoms with Crippen LogP contribution in [0.5, 0.6) is 0 Å². The SMILES string of the molecule is CC(C)COC(=O)CCCCC(=O)OCC(F)(F)C(F)(F)C(F)(F)C(F)F. The van der Waals surface area contributed by atoms with Gasteiger partial charge >= 0.3 is 36.1 Å². The Hall–Kier alpha value is -1.62. The average Bonchev–Trinajstić information content (AvgIpc) is 2.54. The van der Waals surface area contributed by atoms with E-state index in [0.717, 1.165) is 0 Å². The number of carbonyl (C=O) groups is 2. The van der Waals surface area contributed by atoms with E-state index in [1.54, 1.807) is 13.8 Å². The minimum Gasteiger partial charge on any atom is -0.465 e. The normalized spacial score (nSPS) is 13.2. The number of rotatable bonds is 12. The third kappa shape index (κ3) is 7.49. The van der Waals surface area contributed by atoms with Gasteiger partial charge in [-0.05, 0) is 18.8 Å². The lowest BCUT2D eigenvalue weighted by molar-refractivity contribution is -0.344. The number of hydrogen-bond donors (Lipinski definition) is 0. The molecule has 0 bridgehead atoms. The van der Waals surface area contributed by atoms with Gasteiger partial charge in [0.2, 0.25) is 0 Å². The highest BCUT2D eigenvalue weighted by Crippen LogP contribution is 2.48. The highest BCUT2D eigenvalue weighted by Gasteiger charge is 2.75. The summed E-state index contributed by atoms with van der Waals surface area (Å²) in [4.78, 5) is 22.5. The zero-order chi connectivity index (χ0) is 21.5. The van der Waals surface area contributed by atoms with Gasteiger partial charge in [0.25, 0.3) is 0 Å². The molecule has 0 aliphatic rings. The molecule has 0 amide bonds. The van der Waals surface area contributed by atoms with Gasteiger partial charge in [-0.1, -0.05) is 13.8 Å². The van der Waals surface area contributed by atoms with Crippen LogP contribution in [-0.2, 0) is 19.1 Å². The molecule has 160 valence electrons. The van der Waals surface area contributed by atoms with Gasteiger partial charge < -0.3 is 9.47 Å². The van der Waals surface area contributed by atoms with Crippen LogP contribution in [0.4, 0.5) is 35.1 Å². The number of unbranched alkanes of at least 4 members (excludes halogenated alkanes) is 1.